The first-order chi connectivity index (χ1) is 22.3. The molecule has 0 spiro atoms. The zero-order valence-electron chi connectivity index (χ0n) is 26.2. The minimum atomic E-state index is -1.48. The van der Waals surface area contributed by atoms with Gasteiger partial charge in [-0.15, -0.1) is 40.4 Å². The van der Waals surface area contributed by atoms with Crippen molar-refractivity contribution in [2.45, 2.75) is 46.9 Å². The number of esters is 1. The summed E-state index contributed by atoms with van der Waals surface area (Å²) in [7, 11) is 1.46. The average Bonchev–Trinajstić information content (AvgIpc) is 3.56. The summed E-state index contributed by atoms with van der Waals surface area (Å²) in [6.07, 6.45) is 3.31. The molecule has 0 radical (unpaired) electrons. The molecule has 5 rings (SSSR count). The van der Waals surface area contributed by atoms with Crippen LogP contribution in [0, 0.1) is 0 Å². The van der Waals surface area contributed by atoms with E-state index in [2.05, 4.69) is 20.2 Å². The third-order valence-electron chi connectivity index (χ3n) is 7.40. The summed E-state index contributed by atoms with van der Waals surface area (Å²) in [6.45, 7) is 5.33. The summed E-state index contributed by atoms with van der Waals surface area (Å²) in [5.74, 6) is -2.92. The molecule has 4 heterocycles. The number of piperazine rings is 1. The number of urea groups is 1. The summed E-state index contributed by atoms with van der Waals surface area (Å²) in [5, 5.41) is 8.63. The number of imide groups is 1. The van der Waals surface area contributed by atoms with Gasteiger partial charge in [-0.1, -0.05) is 34.8 Å². The van der Waals surface area contributed by atoms with E-state index in [1.165, 1.54) is 51.9 Å². The van der Waals surface area contributed by atoms with Crippen molar-refractivity contribution in [2.75, 3.05) is 37.9 Å². The number of carbonyl (C=O) groups is 6. The molecule has 0 bridgehead atoms. The summed E-state index contributed by atoms with van der Waals surface area (Å²) in [6, 6.07) is 6.14. The van der Waals surface area contributed by atoms with Crippen molar-refractivity contribution in [3.63, 3.8) is 0 Å². The third-order valence-corrected chi connectivity index (χ3v) is 12.0. The Kier molecular flexibility index (Phi) is 10.2. The molecule has 3 atom stereocenters. The highest BCUT2D eigenvalue weighted by molar-refractivity contribution is 8.05. The van der Waals surface area contributed by atoms with Crippen LogP contribution >= 0.6 is 46.8 Å². The van der Waals surface area contributed by atoms with Gasteiger partial charge >= 0.3 is 23.8 Å². The smallest absolute Gasteiger partial charge is 0.355 e. The number of nitrogens with one attached hydrogen (secondary N) is 2. The molecule has 14 nitrogen and oxygen atoms in total. The second-order valence-electron chi connectivity index (χ2n) is 11.7. The number of amides is 6. The monoisotopic (exact) mass is 719 g/mol. The van der Waals surface area contributed by atoms with Crippen LogP contribution < -0.4 is 10.6 Å². The lowest BCUT2D eigenvalue weighted by Gasteiger charge is -2.56. The van der Waals surface area contributed by atoms with Gasteiger partial charge in [0.15, 0.2) is 4.87 Å². The number of thioether (sulfide) groups is 3. The van der Waals surface area contributed by atoms with E-state index < -0.39 is 57.5 Å². The molecule has 1 aromatic heterocycles. The minimum absolute atomic E-state index is 0.0448. The van der Waals surface area contributed by atoms with Crippen molar-refractivity contribution < 1.29 is 33.5 Å². The molecular formula is C29H33N7O7S4. The molecule has 3 aliphatic heterocycles. The predicted molar refractivity (Wildman–Crippen MR) is 178 cm³/mol. The van der Waals surface area contributed by atoms with Gasteiger partial charge in [0.05, 0.1) is 6.20 Å². The largest absolute Gasteiger partial charge is 0.455 e. The van der Waals surface area contributed by atoms with Gasteiger partial charge < -0.3 is 20.3 Å². The van der Waals surface area contributed by atoms with Gasteiger partial charge in [-0.05, 0) is 49.7 Å². The molecule has 250 valence electrons. The minimum Gasteiger partial charge on any atom is -0.455 e. The Morgan fingerprint density at radius 2 is 1.85 bits per heavy atom. The lowest BCUT2D eigenvalue weighted by Crippen LogP contribution is -2.78. The van der Waals surface area contributed by atoms with Crippen molar-refractivity contribution in [3.8, 4) is 0 Å². The fourth-order valence-corrected chi connectivity index (χ4v) is 9.26. The van der Waals surface area contributed by atoms with Crippen LogP contribution in [-0.2, 0) is 28.7 Å². The Labute approximate surface area is 287 Å². The Bertz CT molecular complexity index is 1620. The van der Waals surface area contributed by atoms with E-state index in [0.717, 1.165) is 20.9 Å². The molecule has 0 aliphatic carbocycles. The highest BCUT2D eigenvalue weighted by Gasteiger charge is 2.66. The first kappa shape index (κ1) is 34.7. The van der Waals surface area contributed by atoms with Crippen LogP contribution in [0.25, 0.3) is 0 Å². The van der Waals surface area contributed by atoms with E-state index in [-0.39, 0.29) is 18.8 Å². The normalized spacial score (nSPS) is 22.0. The van der Waals surface area contributed by atoms with Gasteiger partial charge in [0.25, 0.3) is 5.91 Å². The van der Waals surface area contributed by atoms with Gasteiger partial charge in [0.2, 0.25) is 5.91 Å². The topological polar surface area (TPSA) is 171 Å². The molecule has 6 amide bonds. The maximum atomic E-state index is 14.1. The number of ether oxygens (including phenoxy) is 1. The molecule has 2 aromatic rings. The number of fused-ring (bicyclic) bond motifs is 1. The number of benzene rings is 1. The summed E-state index contributed by atoms with van der Waals surface area (Å²) in [5.41, 5.74) is 0.422. The number of aromatic nitrogens is 2. The van der Waals surface area contributed by atoms with Gasteiger partial charge in [-0.25, -0.2) is 9.59 Å². The van der Waals surface area contributed by atoms with E-state index in [9.17, 15) is 28.8 Å². The van der Waals surface area contributed by atoms with Crippen LogP contribution in [0.4, 0.5) is 4.79 Å². The number of nitrogens with zero attached hydrogens (tertiary/aromatic N) is 5. The standard InChI is InChI=1S/C29H33N7O7S4/c1-28(2,3)43-24(40)20-17(14-45-18-13-30-33-47-18)15-46-26-29(44-5,25(41)36(20)26)32-21(37)19(16-9-7-6-8-10-16)31-27(42)35-12-11-34(4)22(38)23(35)39/h6-10,13,19,26H,11-12,14-15H2,1-5H3,(H,31,42)(H,32,37)/t19?,26-,29+/m1/s1. The lowest BCUT2D eigenvalue weighted by molar-refractivity contribution is -0.160. The molecule has 0 saturated carbocycles. The average molecular weight is 720 g/mol. The fraction of sp³-hybridized carbons (Fsp3) is 0.448. The number of hydrogen-bond donors (Lipinski definition) is 2. The Morgan fingerprint density at radius 3 is 2.49 bits per heavy atom. The van der Waals surface area contributed by atoms with Crippen molar-refractivity contribution in [3.05, 3.63) is 53.4 Å². The van der Waals surface area contributed by atoms with Crippen LogP contribution in [-0.4, -0.2) is 114 Å². The molecular weight excluding hydrogens is 687 g/mol. The third kappa shape index (κ3) is 7.00. The highest BCUT2D eigenvalue weighted by atomic mass is 32.2. The van der Waals surface area contributed by atoms with Crippen LogP contribution in [0.5, 0.6) is 0 Å². The molecule has 47 heavy (non-hydrogen) atoms. The van der Waals surface area contributed by atoms with Crippen LogP contribution in [0.15, 0.2) is 52.0 Å². The van der Waals surface area contributed by atoms with Gasteiger partial charge in [0, 0.05) is 31.6 Å². The Hall–Kier alpha value is -3.61. The predicted octanol–water partition coefficient (Wildman–Crippen LogP) is 2.07. The maximum Gasteiger partial charge on any atom is 0.355 e. The van der Waals surface area contributed by atoms with Crippen LogP contribution in [0.2, 0.25) is 0 Å². The molecule has 2 saturated heterocycles. The second-order valence-corrected chi connectivity index (χ2v) is 15.9. The SMILES string of the molecule is CS[C@@]1(NC(=O)C(NC(=O)N2CCN(C)C(=O)C2=O)c2ccccc2)C(=O)N2C(C(=O)OC(C)(C)C)=C(CSc3cnns3)CS[C@@H]21. The van der Waals surface area contributed by atoms with E-state index in [1.54, 1.807) is 63.6 Å². The van der Waals surface area contributed by atoms with E-state index in [1.807, 2.05) is 0 Å². The van der Waals surface area contributed by atoms with Crippen molar-refractivity contribution in [2.24, 2.45) is 0 Å². The van der Waals surface area contributed by atoms with E-state index in [4.69, 9.17) is 4.74 Å². The van der Waals surface area contributed by atoms with E-state index in [0.29, 0.717) is 22.6 Å². The summed E-state index contributed by atoms with van der Waals surface area (Å²) in [4.78, 5) is 81.7. The summed E-state index contributed by atoms with van der Waals surface area (Å²) >= 11 is 5.19. The molecule has 3 aliphatic rings. The molecule has 1 aromatic carbocycles. The highest BCUT2D eigenvalue weighted by Crippen LogP contribution is 2.51. The number of hydrogen-bond acceptors (Lipinski definition) is 13. The zero-order valence-corrected chi connectivity index (χ0v) is 29.4. The second kappa shape index (κ2) is 13.9. The zero-order chi connectivity index (χ0) is 34.1. The van der Waals surface area contributed by atoms with Crippen molar-refractivity contribution >= 4 is 82.4 Å². The quantitative estimate of drug-likeness (QED) is 0.127. The van der Waals surface area contributed by atoms with Crippen molar-refractivity contribution in [1.29, 1.82) is 0 Å². The first-order valence-corrected chi connectivity index (χ1v) is 18.4. The first-order valence-electron chi connectivity index (χ1n) is 14.4. The Morgan fingerprint density at radius 1 is 1.13 bits per heavy atom. The fourth-order valence-electron chi connectivity index (χ4n) is 5.08. The molecule has 18 heteroatoms. The molecule has 1 unspecified atom stereocenters. The number of rotatable bonds is 9. The van der Waals surface area contributed by atoms with Gasteiger partial charge in [-0.2, -0.15) is 0 Å². The number of β-lactam (4-membered cyclic amide) rings is 1. The number of likely N-dealkylation sites (N-methyl/N-ethyl adjacent to an activating group) is 1. The van der Waals surface area contributed by atoms with Gasteiger partial charge in [-0.3, -0.25) is 29.0 Å². The molecule has 2 N–H and O–H groups in total. The van der Waals surface area contributed by atoms with E-state index >= 15 is 0 Å². The van der Waals surface area contributed by atoms with Gasteiger partial charge in [0.1, 0.15) is 26.9 Å². The molecule has 2 fully saturated rings. The van der Waals surface area contributed by atoms with Crippen molar-refractivity contribution in [1.82, 2.24) is 34.9 Å². The maximum absolute atomic E-state index is 14.1. The number of carbonyl (C=O) groups excluding carboxylic acids is 6. The van der Waals surface area contributed by atoms with Crippen LogP contribution in [0.3, 0.4) is 0 Å². The van der Waals surface area contributed by atoms with Crippen LogP contribution in [0.1, 0.15) is 32.4 Å². The lowest BCUT2D eigenvalue weighted by atomic mass is 10.00. The Balaban J connectivity index is 1.41. The summed E-state index contributed by atoms with van der Waals surface area (Å²) < 4.78 is 10.4.